The average Bonchev–Trinajstić information content (AvgIpc) is 3.16. The van der Waals surface area contributed by atoms with Gasteiger partial charge in [0.15, 0.2) is 10.9 Å². The molecule has 2 aliphatic heterocycles. The molecule has 1 spiro atoms. The lowest BCUT2D eigenvalue weighted by atomic mass is 9.77. The fourth-order valence-corrected chi connectivity index (χ4v) is 5.67. The van der Waals surface area contributed by atoms with Crippen LogP contribution in [0.3, 0.4) is 0 Å². The summed E-state index contributed by atoms with van der Waals surface area (Å²) in [5.41, 5.74) is -2.98. The lowest BCUT2D eigenvalue weighted by Crippen LogP contribution is -2.47. The summed E-state index contributed by atoms with van der Waals surface area (Å²) in [6.07, 6.45) is -0.329. The molecule has 2 fully saturated rings. The molecule has 0 bridgehead atoms. The standard InChI is InChI=1S/C25H24F3N5O3S/c26-25(27,28)20-11-16(13-31-21(20)12-29)33-22(35)24(7-1-8-24)32-23(33)37-19-4-2-17(3-5-19)36-18-6-9-30-15(10-18)14-34/h2-5,11,13,15,18,30,34H,1,6-10,14H2. The maximum atomic E-state index is 13.6. The number of amides is 1. The molecule has 1 saturated carbocycles. The fourth-order valence-electron chi connectivity index (χ4n) is 4.69. The smallest absolute Gasteiger partial charge is 0.419 e. The molecule has 8 nitrogen and oxygen atoms in total. The molecule has 1 aromatic heterocycles. The number of piperidine rings is 1. The van der Waals surface area contributed by atoms with E-state index in [1.807, 2.05) is 0 Å². The number of halogens is 3. The van der Waals surface area contributed by atoms with Crippen LogP contribution in [0.15, 0.2) is 46.4 Å². The second-order valence-electron chi connectivity index (χ2n) is 9.29. The van der Waals surface area contributed by atoms with Crippen LogP contribution < -0.4 is 15.0 Å². The van der Waals surface area contributed by atoms with Crippen LogP contribution in [0.1, 0.15) is 43.4 Å². The van der Waals surface area contributed by atoms with Crippen molar-refractivity contribution in [2.75, 3.05) is 18.1 Å². The largest absolute Gasteiger partial charge is 0.490 e. The van der Waals surface area contributed by atoms with Gasteiger partial charge in [-0.3, -0.25) is 9.69 Å². The number of nitriles is 1. The molecule has 1 saturated heterocycles. The van der Waals surface area contributed by atoms with E-state index in [1.165, 1.54) is 22.7 Å². The summed E-state index contributed by atoms with van der Waals surface area (Å²) in [5.74, 6) is 0.279. The van der Waals surface area contributed by atoms with E-state index in [-0.39, 0.29) is 35.5 Å². The number of ether oxygens (including phenoxy) is 1. The summed E-state index contributed by atoms with van der Waals surface area (Å²) in [6.45, 7) is 0.809. The molecule has 3 heterocycles. The maximum absolute atomic E-state index is 13.6. The second kappa shape index (κ2) is 9.96. The molecular weight excluding hydrogens is 507 g/mol. The van der Waals surface area contributed by atoms with E-state index < -0.39 is 23.0 Å². The zero-order valence-electron chi connectivity index (χ0n) is 19.7. The van der Waals surface area contributed by atoms with Crippen LogP contribution in [0.2, 0.25) is 0 Å². The molecule has 1 aliphatic carbocycles. The minimum absolute atomic E-state index is 0.00544. The molecule has 37 heavy (non-hydrogen) atoms. The normalized spacial score (nSPS) is 22.9. The number of thioether (sulfide) groups is 1. The van der Waals surface area contributed by atoms with E-state index in [0.29, 0.717) is 25.0 Å². The van der Waals surface area contributed by atoms with Crippen molar-refractivity contribution in [3.05, 3.63) is 47.8 Å². The molecule has 0 radical (unpaired) electrons. The Kier molecular flexibility index (Phi) is 6.87. The minimum atomic E-state index is -4.79. The number of nitrogens with zero attached hydrogens (tertiary/aromatic N) is 4. The number of benzene rings is 1. The van der Waals surface area contributed by atoms with Gasteiger partial charge in [0.25, 0.3) is 5.91 Å². The number of nitrogens with one attached hydrogen (secondary N) is 1. The molecule has 5 rings (SSSR count). The molecule has 1 aromatic carbocycles. The molecule has 2 atom stereocenters. The van der Waals surface area contributed by atoms with E-state index in [2.05, 4.69) is 15.3 Å². The number of hydrogen-bond donors (Lipinski definition) is 2. The van der Waals surface area contributed by atoms with Gasteiger partial charge in [-0.25, -0.2) is 9.98 Å². The van der Waals surface area contributed by atoms with Crippen molar-refractivity contribution in [2.45, 2.75) is 60.9 Å². The van der Waals surface area contributed by atoms with Crippen LogP contribution in [0.4, 0.5) is 18.9 Å². The maximum Gasteiger partial charge on any atom is 0.419 e. The number of amidine groups is 1. The average molecular weight is 532 g/mol. The number of aliphatic imine (C=N–C) groups is 1. The third-order valence-electron chi connectivity index (χ3n) is 6.83. The molecule has 2 unspecified atom stereocenters. The molecule has 2 N–H and O–H groups in total. The van der Waals surface area contributed by atoms with Gasteiger partial charge in [0.05, 0.1) is 24.1 Å². The van der Waals surface area contributed by atoms with Gasteiger partial charge < -0.3 is 15.2 Å². The Bertz CT molecular complexity index is 1260. The number of aliphatic hydroxyl groups excluding tert-OH is 1. The number of aromatic nitrogens is 1. The first-order chi connectivity index (χ1) is 17.7. The highest BCUT2D eigenvalue weighted by Crippen LogP contribution is 2.46. The van der Waals surface area contributed by atoms with Crippen LogP contribution >= 0.6 is 11.8 Å². The van der Waals surface area contributed by atoms with E-state index in [4.69, 9.17) is 10.00 Å². The molecule has 3 aliphatic rings. The third-order valence-corrected chi connectivity index (χ3v) is 7.79. The van der Waals surface area contributed by atoms with Crippen molar-refractivity contribution in [2.24, 2.45) is 4.99 Å². The summed E-state index contributed by atoms with van der Waals surface area (Å²) in [5, 5.41) is 21.9. The van der Waals surface area contributed by atoms with Gasteiger partial charge >= 0.3 is 6.18 Å². The Morgan fingerprint density at radius 2 is 2.05 bits per heavy atom. The first kappa shape index (κ1) is 25.5. The van der Waals surface area contributed by atoms with Crippen molar-refractivity contribution >= 4 is 28.5 Å². The van der Waals surface area contributed by atoms with Gasteiger partial charge in [-0.1, -0.05) is 11.8 Å². The lowest BCUT2D eigenvalue weighted by molar-refractivity contribution is -0.138. The molecule has 12 heteroatoms. The molecular formula is C25H24F3N5O3S. The van der Waals surface area contributed by atoms with Crippen molar-refractivity contribution in [1.82, 2.24) is 10.3 Å². The van der Waals surface area contributed by atoms with Crippen molar-refractivity contribution in [3.63, 3.8) is 0 Å². The predicted octanol–water partition coefficient (Wildman–Crippen LogP) is 3.88. The van der Waals surface area contributed by atoms with Crippen LogP contribution in [0.5, 0.6) is 5.75 Å². The molecule has 1 amide bonds. The van der Waals surface area contributed by atoms with Crippen molar-refractivity contribution in [1.29, 1.82) is 5.26 Å². The number of aliphatic hydroxyl groups is 1. The first-order valence-corrected chi connectivity index (χ1v) is 12.7. The van der Waals surface area contributed by atoms with Gasteiger partial charge in [0, 0.05) is 17.4 Å². The number of anilines is 1. The number of hydrogen-bond acceptors (Lipinski definition) is 8. The van der Waals surface area contributed by atoms with Crippen LogP contribution in [0.25, 0.3) is 0 Å². The van der Waals surface area contributed by atoms with Crippen molar-refractivity contribution in [3.8, 4) is 11.8 Å². The highest BCUT2D eigenvalue weighted by Gasteiger charge is 2.53. The van der Waals surface area contributed by atoms with Gasteiger partial charge in [-0.05, 0) is 62.6 Å². The Hall–Kier alpha value is -3.14. The van der Waals surface area contributed by atoms with E-state index in [0.717, 1.165) is 36.5 Å². The van der Waals surface area contributed by atoms with Crippen LogP contribution in [-0.4, -0.2) is 52.0 Å². The molecule has 2 aromatic rings. The highest BCUT2D eigenvalue weighted by molar-refractivity contribution is 8.14. The Morgan fingerprint density at radius 3 is 2.68 bits per heavy atom. The fraction of sp³-hybridized carbons (Fsp3) is 0.440. The predicted molar refractivity (Wildman–Crippen MR) is 130 cm³/mol. The van der Waals surface area contributed by atoms with Gasteiger partial charge in [0.1, 0.15) is 23.5 Å². The summed E-state index contributed by atoms with van der Waals surface area (Å²) in [6, 6.07) is 9.46. The third kappa shape index (κ3) is 5.03. The topological polar surface area (TPSA) is 111 Å². The summed E-state index contributed by atoms with van der Waals surface area (Å²) in [7, 11) is 0. The van der Waals surface area contributed by atoms with E-state index in [1.54, 1.807) is 24.3 Å². The van der Waals surface area contributed by atoms with E-state index >= 15 is 0 Å². The second-order valence-corrected chi connectivity index (χ2v) is 10.3. The number of rotatable bonds is 5. The summed E-state index contributed by atoms with van der Waals surface area (Å²) >= 11 is 1.17. The zero-order chi connectivity index (χ0) is 26.2. The first-order valence-electron chi connectivity index (χ1n) is 11.9. The van der Waals surface area contributed by atoms with Gasteiger partial charge in [-0.15, -0.1) is 0 Å². The minimum Gasteiger partial charge on any atom is -0.490 e. The van der Waals surface area contributed by atoms with E-state index in [9.17, 15) is 23.1 Å². The van der Waals surface area contributed by atoms with Crippen LogP contribution in [-0.2, 0) is 11.0 Å². The monoisotopic (exact) mass is 531 g/mol. The Labute approximate surface area is 215 Å². The van der Waals surface area contributed by atoms with Crippen LogP contribution in [0, 0.1) is 11.3 Å². The lowest BCUT2D eigenvalue weighted by Gasteiger charge is -2.33. The Morgan fingerprint density at radius 1 is 1.30 bits per heavy atom. The SMILES string of the molecule is N#Cc1ncc(N2C(=O)C3(CCC3)N=C2Sc2ccc(OC3CCNC(CO)C3)cc2)cc1C(F)(F)F. The summed E-state index contributed by atoms with van der Waals surface area (Å²) in [4.78, 5) is 23.6. The Balaban J connectivity index is 1.37. The highest BCUT2D eigenvalue weighted by atomic mass is 32.2. The number of alkyl halides is 3. The number of pyridine rings is 1. The van der Waals surface area contributed by atoms with Gasteiger partial charge in [-0.2, -0.15) is 18.4 Å². The quantitative estimate of drug-likeness (QED) is 0.603. The summed E-state index contributed by atoms with van der Waals surface area (Å²) < 4.78 is 46.7. The van der Waals surface area contributed by atoms with Crippen molar-refractivity contribution < 1.29 is 27.8 Å². The number of carbonyl (C=O) groups is 1. The molecule has 194 valence electrons. The number of carbonyl (C=O) groups excluding carboxylic acids is 1. The zero-order valence-corrected chi connectivity index (χ0v) is 20.5. The van der Waals surface area contributed by atoms with Gasteiger partial charge in [0.2, 0.25) is 0 Å².